The van der Waals surface area contributed by atoms with E-state index in [1.165, 1.54) is 61.2 Å². The van der Waals surface area contributed by atoms with Crippen LogP contribution in [0.15, 0.2) is 12.4 Å². The van der Waals surface area contributed by atoms with Crippen LogP contribution in [0.2, 0.25) is 13.3 Å². The van der Waals surface area contributed by atoms with Crippen molar-refractivity contribution in [3.8, 4) is 0 Å². The summed E-state index contributed by atoms with van der Waals surface area (Å²) in [6.45, 7) is 8.64. The molecule has 2 rings (SSSR count). The molecule has 0 unspecified atom stereocenters. The van der Waals surface area contributed by atoms with Crippen molar-refractivity contribution in [1.29, 1.82) is 0 Å². The van der Waals surface area contributed by atoms with Crippen LogP contribution >= 0.6 is 0 Å². The van der Waals surface area contributed by atoms with Gasteiger partial charge in [-0.25, -0.2) is 0 Å². The number of hydrogen-bond acceptors (Lipinski definition) is 3. The molecule has 0 spiro atoms. The maximum absolute atomic E-state index is 5.30. The zero-order valence-corrected chi connectivity index (χ0v) is 18.2. The van der Waals surface area contributed by atoms with E-state index in [0.717, 1.165) is 13.2 Å². The van der Waals surface area contributed by atoms with E-state index < -0.39 is 18.4 Å². The van der Waals surface area contributed by atoms with Crippen LogP contribution in [0, 0.1) is 0 Å². The molecule has 1 aliphatic rings. The van der Waals surface area contributed by atoms with E-state index in [2.05, 4.69) is 33.2 Å². The predicted molar refractivity (Wildman–Crippen MR) is 100 cm³/mol. The van der Waals surface area contributed by atoms with Crippen LogP contribution in [0.4, 0.5) is 0 Å². The number of ether oxygens (including phenoxy) is 1. The zero-order chi connectivity index (χ0) is 16.5. The Kier molecular flexibility index (Phi) is 8.31. The molecular weight excluding hydrogens is 391 g/mol. The fraction of sp³-hybridized carbons (Fsp3) is 0.789. The summed E-state index contributed by atoms with van der Waals surface area (Å²) in [7, 11) is 0. The first-order valence-electron chi connectivity index (χ1n) is 9.66. The van der Waals surface area contributed by atoms with Gasteiger partial charge in [-0.05, 0) is 0 Å². The Labute approximate surface area is 146 Å². The summed E-state index contributed by atoms with van der Waals surface area (Å²) in [5.74, 6) is 0.538. The van der Waals surface area contributed by atoms with Crippen molar-refractivity contribution in [3.05, 3.63) is 18.0 Å². The van der Waals surface area contributed by atoms with Crippen LogP contribution < -0.4 is 3.84 Å². The van der Waals surface area contributed by atoms with E-state index in [-0.39, 0.29) is 0 Å². The molecule has 2 heterocycles. The summed E-state index contributed by atoms with van der Waals surface area (Å²) in [5.41, 5.74) is 1.28. The topological polar surface area (TPSA) is 35.0 Å². The second-order valence-electron chi connectivity index (χ2n) is 7.17. The standard InChI is InChI=1S/C7H7N2O.3C4H9.Sn/c1-6(2-9-5-8-1)7-3-10-4-7;3*1-3-4-2;/h1-2,7H,3-4H2;3*1,3-4H2,2H3;. The van der Waals surface area contributed by atoms with Gasteiger partial charge in [-0.15, -0.1) is 0 Å². The number of unbranched alkanes of at least 4 members (excludes halogenated alkanes) is 3. The normalized spacial score (nSPS) is 15.6. The van der Waals surface area contributed by atoms with Crippen LogP contribution in [0.3, 0.4) is 0 Å². The van der Waals surface area contributed by atoms with Crippen molar-refractivity contribution in [2.24, 2.45) is 0 Å². The maximum atomic E-state index is 5.30. The van der Waals surface area contributed by atoms with Gasteiger partial charge >= 0.3 is 147 Å². The van der Waals surface area contributed by atoms with Crippen molar-refractivity contribution in [3.63, 3.8) is 0 Å². The number of rotatable bonds is 11. The van der Waals surface area contributed by atoms with E-state index in [1.54, 1.807) is 0 Å². The van der Waals surface area contributed by atoms with Crippen molar-refractivity contribution in [1.82, 2.24) is 9.97 Å². The van der Waals surface area contributed by atoms with Crippen molar-refractivity contribution in [2.45, 2.75) is 78.5 Å². The fourth-order valence-electron chi connectivity index (χ4n) is 3.51. The van der Waals surface area contributed by atoms with Gasteiger partial charge < -0.3 is 0 Å². The summed E-state index contributed by atoms with van der Waals surface area (Å²) < 4.78 is 10.9. The molecule has 1 aliphatic heterocycles. The quantitative estimate of drug-likeness (QED) is 0.485. The third-order valence-electron chi connectivity index (χ3n) is 5.28. The molecule has 130 valence electrons. The molecule has 1 fully saturated rings. The van der Waals surface area contributed by atoms with E-state index in [9.17, 15) is 0 Å². The molecule has 23 heavy (non-hydrogen) atoms. The van der Waals surface area contributed by atoms with Crippen LogP contribution in [0.25, 0.3) is 0 Å². The van der Waals surface area contributed by atoms with Gasteiger partial charge in [0, 0.05) is 0 Å². The average Bonchev–Trinajstić information content (AvgIpc) is 2.54. The monoisotopic (exact) mass is 426 g/mol. The minimum absolute atomic E-state index is 0.538. The second-order valence-corrected chi connectivity index (χ2v) is 20.0. The first-order chi connectivity index (χ1) is 11.3. The van der Waals surface area contributed by atoms with Gasteiger partial charge in [-0.1, -0.05) is 0 Å². The SMILES string of the molecule is CCC[CH2][Sn]([CH2]CCC)([CH2]CCC)[c]1ncc(C2COC2)cn1. The molecule has 0 radical (unpaired) electrons. The zero-order valence-electron chi connectivity index (χ0n) is 15.3. The molecule has 0 aliphatic carbocycles. The Morgan fingerprint density at radius 2 is 1.39 bits per heavy atom. The molecule has 0 aromatic carbocycles. The summed E-state index contributed by atoms with van der Waals surface area (Å²) in [4.78, 5) is 9.88. The summed E-state index contributed by atoms with van der Waals surface area (Å²) in [6, 6.07) is 0. The Balaban J connectivity index is 2.20. The number of hydrogen-bond donors (Lipinski definition) is 0. The molecule has 0 saturated carbocycles. The minimum atomic E-state index is -2.42. The Morgan fingerprint density at radius 1 is 0.913 bits per heavy atom. The van der Waals surface area contributed by atoms with E-state index in [4.69, 9.17) is 14.7 Å². The van der Waals surface area contributed by atoms with Crippen molar-refractivity contribution >= 4 is 22.2 Å². The molecule has 1 aromatic rings. The van der Waals surface area contributed by atoms with Crippen LogP contribution in [-0.4, -0.2) is 41.6 Å². The van der Waals surface area contributed by atoms with Gasteiger partial charge in [-0.3, -0.25) is 0 Å². The molecule has 3 nitrogen and oxygen atoms in total. The third kappa shape index (κ3) is 5.15. The van der Waals surface area contributed by atoms with Gasteiger partial charge in [0.05, 0.1) is 0 Å². The van der Waals surface area contributed by atoms with E-state index >= 15 is 0 Å². The van der Waals surface area contributed by atoms with Gasteiger partial charge in [0.1, 0.15) is 0 Å². The second kappa shape index (κ2) is 9.97. The first-order valence-corrected chi connectivity index (χ1v) is 17.1. The van der Waals surface area contributed by atoms with E-state index in [1.807, 2.05) is 0 Å². The Bertz CT molecular complexity index is 423. The van der Waals surface area contributed by atoms with Gasteiger partial charge in [0.25, 0.3) is 0 Å². The summed E-state index contributed by atoms with van der Waals surface area (Å²) in [5, 5.41) is 0. The van der Waals surface area contributed by atoms with Crippen LogP contribution in [-0.2, 0) is 4.74 Å². The Morgan fingerprint density at radius 3 is 1.74 bits per heavy atom. The molecule has 1 saturated heterocycles. The van der Waals surface area contributed by atoms with Gasteiger partial charge in [-0.2, -0.15) is 0 Å². The fourth-order valence-corrected chi connectivity index (χ4v) is 18.3. The molecule has 4 heteroatoms. The molecule has 1 aromatic heterocycles. The molecular formula is C19H34N2OSn. The Hall–Kier alpha value is -0.161. The van der Waals surface area contributed by atoms with Crippen molar-refractivity contribution in [2.75, 3.05) is 13.2 Å². The number of nitrogens with zero attached hydrogens (tertiary/aromatic N) is 2. The summed E-state index contributed by atoms with van der Waals surface area (Å²) >= 11 is -2.42. The first kappa shape index (κ1) is 19.2. The molecule has 0 amide bonds. The molecule has 0 bridgehead atoms. The summed E-state index contributed by atoms with van der Waals surface area (Å²) in [6.07, 6.45) is 12.2. The van der Waals surface area contributed by atoms with E-state index in [0.29, 0.717) is 5.92 Å². The average molecular weight is 425 g/mol. The third-order valence-corrected chi connectivity index (χ3v) is 19.9. The van der Waals surface area contributed by atoms with Gasteiger partial charge in [0.15, 0.2) is 0 Å². The molecule has 0 N–H and O–H groups in total. The number of aromatic nitrogens is 2. The van der Waals surface area contributed by atoms with Gasteiger partial charge in [0.2, 0.25) is 0 Å². The van der Waals surface area contributed by atoms with Crippen LogP contribution in [0.1, 0.15) is 70.8 Å². The van der Waals surface area contributed by atoms with Crippen LogP contribution in [0.5, 0.6) is 0 Å². The predicted octanol–water partition coefficient (Wildman–Crippen LogP) is 4.65. The van der Waals surface area contributed by atoms with Crippen molar-refractivity contribution < 1.29 is 4.74 Å². The molecule has 0 atom stereocenters.